The fourth-order valence-electron chi connectivity index (χ4n) is 4.45. The molecule has 0 radical (unpaired) electrons. The van der Waals surface area contributed by atoms with Gasteiger partial charge in [-0.15, -0.1) is 0 Å². The number of carbonyl (C=O) groups is 2. The molecule has 5 rings (SSSR count). The first-order valence-corrected chi connectivity index (χ1v) is 10.9. The third-order valence-corrected chi connectivity index (χ3v) is 6.30. The summed E-state index contributed by atoms with van der Waals surface area (Å²) in [7, 11) is 0. The molecule has 1 aromatic carbocycles. The van der Waals surface area contributed by atoms with Gasteiger partial charge in [0.15, 0.2) is 0 Å². The lowest BCUT2D eigenvalue weighted by molar-refractivity contribution is -0.119. The van der Waals surface area contributed by atoms with E-state index in [0.717, 1.165) is 49.9 Å². The molecule has 3 aliphatic carbocycles. The van der Waals surface area contributed by atoms with Crippen molar-refractivity contribution in [3.8, 4) is 0 Å². The van der Waals surface area contributed by atoms with Gasteiger partial charge in [-0.2, -0.15) is 0 Å². The van der Waals surface area contributed by atoms with E-state index in [2.05, 4.69) is 29.6 Å². The Kier molecular flexibility index (Phi) is 5.07. The molecule has 4 nitrogen and oxygen atoms in total. The summed E-state index contributed by atoms with van der Waals surface area (Å²) in [6.07, 6.45) is 12.6. The number of aromatic nitrogens is 1. The lowest BCUT2D eigenvalue weighted by atomic mass is 9.88. The number of hydrogen-bond acceptors (Lipinski definition) is 3. The quantitative estimate of drug-likeness (QED) is 0.777. The maximum atomic E-state index is 12.4. The molecule has 0 saturated heterocycles. The standard InChI is InChI=1S/C26H26N2O2/c29-25(18-9-10-18)16-21-15-23(22-7-4-8-24(22)27-21)17-11-13-20(14-12-17)28-26(30)19-5-2-1-3-6-19/h1-7,11,15,18,20H,8-10,12-14,16H2,(H,28,30). The van der Waals surface area contributed by atoms with Crippen LogP contribution in [0.3, 0.4) is 0 Å². The number of hydrogen-bond donors (Lipinski definition) is 1. The molecule has 0 spiro atoms. The molecule has 1 atom stereocenters. The van der Waals surface area contributed by atoms with E-state index in [0.29, 0.717) is 17.8 Å². The first-order valence-electron chi connectivity index (χ1n) is 10.9. The number of nitrogens with one attached hydrogen (secondary N) is 1. The molecule has 1 saturated carbocycles. The Balaban J connectivity index is 1.32. The summed E-state index contributed by atoms with van der Waals surface area (Å²) in [6.45, 7) is 0. The summed E-state index contributed by atoms with van der Waals surface area (Å²) in [6, 6.07) is 11.7. The lowest BCUT2D eigenvalue weighted by Gasteiger charge is -2.24. The molecule has 1 N–H and O–H groups in total. The van der Waals surface area contributed by atoms with Crippen molar-refractivity contribution in [3.63, 3.8) is 0 Å². The zero-order valence-electron chi connectivity index (χ0n) is 17.1. The van der Waals surface area contributed by atoms with Crippen LogP contribution < -0.4 is 5.32 Å². The van der Waals surface area contributed by atoms with E-state index in [9.17, 15) is 9.59 Å². The Morgan fingerprint density at radius 3 is 2.67 bits per heavy atom. The molecule has 30 heavy (non-hydrogen) atoms. The number of fused-ring (bicyclic) bond motifs is 1. The van der Waals surface area contributed by atoms with Crippen LogP contribution >= 0.6 is 0 Å². The Bertz CT molecular complexity index is 1050. The average Bonchev–Trinajstić information content (AvgIpc) is 3.52. The minimum Gasteiger partial charge on any atom is -0.349 e. The maximum Gasteiger partial charge on any atom is 0.251 e. The Morgan fingerprint density at radius 1 is 1.10 bits per heavy atom. The molecule has 3 aliphatic rings. The van der Waals surface area contributed by atoms with Crippen LogP contribution in [0.4, 0.5) is 0 Å². The zero-order valence-corrected chi connectivity index (χ0v) is 17.1. The fourth-order valence-corrected chi connectivity index (χ4v) is 4.45. The highest BCUT2D eigenvalue weighted by Gasteiger charge is 2.30. The van der Waals surface area contributed by atoms with Gasteiger partial charge in [0.1, 0.15) is 5.78 Å². The number of carbonyl (C=O) groups excluding carboxylic acids is 2. The van der Waals surface area contributed by atoms with Gasteiger partial charge in [-0.25, -0.2) is 0 Å². The molecule has 0 bridgehead atoms. The first-order chi connectivity index (χ1) is 14.7. The predicted molar refractivity (Wildman–Crippen MR) is 118 cm³/mol. The SMILES string of the molecule is O=C(NC1CC=C(c2cc(CC(=O)C3CC3)nc3c2C=CC3)CC1)c1ccccc1. The summed E-state index contributed by atoms with van der Waals surface area (Å²) in [4.78, 5) is 29.5. The van der Waals surface area contributed by atoms with Crippen LogP contribution in [0, 0.1) is 5.92 Å². The van der Waals surface area contributed by atoms with Crippen LogP contribution in [0.5, 0.6) is 0 Å². The van der Waals surface area contributed by atoms with Gasteiger partial charge in [0.25, 0.3) is 5.91 Å². The van der Waals surface area contributed by atoms with Crippen LogP contribution in [0.25, 0.3) is 11.6 Å². The number of benzene rings is 1. The summed E-state index contributed by atoms with van der Waals surface area (Å²) >= 11 is 0. The van der Waals surface area contributed by atoms with Gasteiger partial charge < -0.3 is 5.32 Å². The summed E-state index contributed by atoms with van der Waals surface area (Å²) in [5.74, 6) is 0.594. The molecule has 152 valence electrons. The number of nitrogens with zero attached hydrogens (tertiary/aromatic N) is 1. The number of allylic oxidation sites excluding steroid dienone is 2. The minimum absolute atomic E-state index is 0.00828. The predicted octanol–water partition coefficient (Wildman–Crippen LogP) is 4.54. The average molecular weight is 399 g/mol. The number of amides is 1. The van der Waals surface area contributed by atoms with Crippen LogP contribution in [-0.2, 0) is 17.6 Å². The summed E-state index contributed by atoms with van der Waals surface area (Å²) in [5.41, 5.74) is 6.44. The maximum absolute atomic E-state index is 12.4. The molecule has 1 fully saturated rings. The van der Waals surface area contributed by atoms with Crippen molar-refractivity contribution >= 4 is 23.3 Å². The van der Waals surface area contributed by atoms with Crippen molar-refractivity contribution < 1.29 is 9.59 Å². The fraction of sp³-hybridized carbons (Fsp3) is 0.346. The third kappa shape index (κ3) is 4.00. The van der Waals surface area contributed by atoms with E-state index < -0.39 is 0 Å². The molecule has 1 aromatic heterocycles. The molecule has 2 aromatic rings. The van der Waals surface area contributed by atoms with Crippen molar-refractivity contribution in [1.82, 2.24) is 10.3 Å². The number of rotatable bonds is 6. The van der Waals surface area contributed by atoms with Gasteiger partial charge in [0.2, 0.25) is 0 Å². The molecule has 1 heterocycles. The molecule has 1 unspecified atom stereocenters. The van der Waals surface area contributed by atoms with Crippen LogP contribution in [-0.4, -0.2) is 22.7 Å². The van der Waals surface area contributed by atoms with Crippen molar-refractivity contribution in [3.05, 3.63) is 76.6 Å². The van der Waals surface area contributed by atoms with Crippen LogP contribution in [0.15, 0.2) is 48.6 Å². The van der Waals surface area contributed by atoms with Gasteiger partial charge >= 0.3 is 0 Å². The van der Waals surface area contributed by atoms with E-state index in [1.54, 1.807) is 0 Å². The topological polar surface area (TPSA) is 59.1 Å². The van der Waals surface area contributed by atoms with Crippen molar-refractivity contribution in [2.24, 2.45) is 5.92 Å². The minimum atomic E-state index is -0.00828. The highest BCUT2D eigenvalue weighted by Crippen LogP contribution is 2.35. The summed E-state index contributed by atoms with van der Waals surface area (Å²) < 4.78 is 0. The van der Waals surface area contributed by atoms with Gasteiger partial charge in [0, 0.05) is 41.6 Å². The molecular weight excluding hydrogens is 372 g/mol. The van der Waals surface area contributed by atoms with E-state index in [1.807, 2.05) is 30.3 Å². The van der Waals surface area contributed by atoms with Crippen molar-refractivity contribution in [2.45, 2.75) is 51.0 Å². The first kappa shape index (κ1) is 19.0. The number of ketones is 1. The molecule has 4 heteroatoms. The monoisotopic (exact) mass is 398 g/mol. The summed E-state index contributed by atoms with van der Waals surface area (Å²) in [5, 5.41) is 3.16. The lowest BCUT2D eigenvalue weighted by Crippen LogP contribution is -2.35. The molecule has 1 amide bonds. The Labute approximate surface area is 177 Å². The van der Waals surface area contributed by atoms with Crippen LogP contribution in [0.2, 0.25) is 0 Å². The Hall–Kier alpha value is -3.01. The molecular formula is C26H26N2O2. The van der Waals surface area contributed by atoms with E-state index in [1.165, 1.54) is 16.7 Å². The second-order valence-electron chi connectivity index (χ2n) is 8.59. The van der Waals surface area contributed by atoms with Gasteiger partial charge in [-0.3, -0.25) is 14.6 Å². The van der Waals surface area contributed by atoms with Crippen molar-refractivity contribution in [2.75, 3.05) is 0 Å². The van der Waals surface area contributed by atoms with Gasteiger partial charge in [0.05, 0.1) is 5.69 Å². The third-order valence-electron chi connectivity index (χ3n) is 6.30. The smallest absolute Gasteiger partial charge is 0.251 e. The highest BCUT2D eigenvalue weighted by atomic mass is 16.1. The van der Waals surface area contributed by atoms with Gasteiger partial charge in [-0.1, -0.05) is 36.4 Å². The number of pyridine rings is 1. The second kappa shape index (κ2) is 8.02. The van der Waals surface area contributed by atoms with E-state index in [4.69, 9.17) is 4.98 Å². The van der Waals surface area contributed by atoms with E-state index in [-0.39, 0.29) is 17.9 Å². The van der Waals surface area contributed by atoms with Crippen molar-refractivity contribution in [1.29, 1.82) is 0 Å². The zero-order chi connectivity index (χ0) is 20.5. The molecule has 0 aliphatic heterocycles. The second-order valence-corrected chi connectivity index (χ2v) is 8.59. The largest absolute Gasteiger partial charge is 0.349 e. The van der Waals surface area contributed by atoms with Gasteiger partial charge in [-0.05, 0) is 61.4 Å². The highest BCUT2D eigenvalue weighted by molar-refractivity contribution is 5.94. The van der Waals surface area contributed by atoms with Crippen LogP contribution in [0.1, 0.15) is 65.0 Å². The Morgan fingerprint density at radius 2 is 1.93 bits per heavy atom. The van der Waals surface area contributed by atoms with E-state index >= 15 is 0 Å². The normalized spacial score (nSPS) is 19.9. The number of Topliss-reactive ketones (excluding diaryl/α,β-unsaturated/α-hetero) is 1.